The van der Waals surface area contributed by atoms with Gasteiger partial charge in [0.1, 0.15) is 5.00 Å². The molecule has 0 atom stereocenters. The molecule has 0 unspecified atom stereocenters. The summed E-state index contributed by atoms with van der Waals surface area (Å²) in [7, 11) is 0.294. The zero-order chi connectivity index (χ0) is 29.3. The Morgan fingerprint density at radius 3 is 2.25 bits per heavy atom. The highest BCUT2D eigenvalue weighted by Crippen LogP contribution is 2.37. The third-order valence-electron chi connectivity index (χ3n) is 6.37. The van der Waals surface area contributed by atoms with Gasteiger partial charge < -0.3 is 19.5 Å². The number of alkyl carbamates (subject to hydrolysis) is 1. The van der Waals surface area contributed by atoms with Gasteiger partial charge in [0.05, 0.1) is 30.8 Å². The summed E-state index contributed by atoms with van der Waals surface area (Å²) in [5.41, 5.74) is 1.24. The zero-order valence-electron chi connectivity index (χ0n) is 23.2. The van der Waals surface area contributed by atoms with Crippen LogP contribution in [0.2, 0.25) is 0 Å². The Morgan fingerprint density at radius 1 is 1.02 bits per heavy atom. The van der Waals surface area contributed by atoms with Gasteiger partial charge in [0.2, 0.25) is 10.0 Å². The van der Waals surface area contributed by atoms with E-state index in [4.69, 9.17) is 9.47 Å². The van der Waals surface area contributed by atoms with E-state index in [9.17, 15) is 22.8 Å². The molecule has 2 heterocycles. The summed E-state index contributed by atoms with van der Waals surface area (Å²) >= 11 is 1.29. The smallest absolute Gasteiger partial charge is 0.413 e. The van der Waals surface area contributed by atoms with Crippen molar-refractivity contribution in [3.05, 3.63) is 45.8 Å². The average molecular weight is 597 g/mol. The van der Waals surface area contributed by atoms with Crippen LogP contribution in [0.1, 0.15) is 44.5 Å². The first-order valence-corrected chi connectivity index (χ1v) is 15.1. The molecule has 1 aliphatic rings. The number of thiophene rings is 1. The molecule has 3 amide bonds. The van der Waals surface area contributed by atoms with E-state index in [1.54, 1.807) is 0 Å². The number of hydrogen-bond acceptors (Lipinski definition) is 10. The first-order chi connectivity index (χ1) is 19.2. The first-order valence-electron chi connectivity index (χ1n) is 12.8. The number of carbonyl (C=O) groups excluding carboxylic acids is 3. The lowest BCUT2D eigenvalue weighted by molar-refractivity contribution is 0.0936. The van der Waals surface area contributed by atoms with Crippen LogP contribution in [0.15, 0.2) is 29.2 Å². The van der Waals surface area contributed by atoms with Crippen LogP contribution in [0.4, 0.5) is 9.80 Å². The number of imide groups is 1. The molecule has 40 heavy (non-hydrogen) atoms. The molecule has 1 aromatic carbocycles. The Hall–Kier alpha value is -2.88. The van der Waals surface area contributed by atoms with Gasteiger partial charge in [-0.3, -0.25) is 19.8 Å². The number of sulfonamides is 1. The molecule has 1 aliphatic heterocycles. The molecule has 220 valence electrons. The van der Waals surface area contributed by atoms with Gasteiger partial charge in [-0.25, -0.2) is 13.2 Å². The Labute approximate surface area is 238 Å². The summed E-state index contributed by atoms with van der Waals surface area (Å²) < 4.78 is 42.2. The van der Waals surface area contributed by atoms with E-state index in [1.807, 2.05) is 0 Å². The Morgan fingerprint density at radius 2 is 1.68 bits per heavy atom. The highest BCUT2D eigenvalue weighted by molar-refractivity contribution is 7.89. The predicted octanol–water partition coefficient (Wildman–Crippen LogP) is 2.55. The standard InChI is InChI=1S/C26H36N4O8S2/c1-5-11-29-12-10-20-21(17-29)39-25(22(20)24(32)28-26(33)38-4)27-23(31)18-6-8-19(9-7-18)40(34,35)30(13-15-36-2)14-16-37-3/h6-9H,5,10-17H2,1-4H3,(H,27,31)(H,28,32,33). The summed E-state index contributed by atoms with van der Waals surface area (Å²) in [6, 6.07) is 5.56. The van der Waals surface area contributed by atoms with Crippen LogP contribution in [-0.2, 0) is 37.2 Å². The topological polar surface area (TPSA) is 144 Å². The number of fused-ring (bicyclic) bond motifs is 1. The minimum Gasteiger partial charge on any atom is -0.453 e. The van der Waals surface area contributed by atoms with Crippen molar-refractivity contribution in [3.8, 4) is 0 Å². The summed E-state index contributed by atoms with van der Waals surface area (Å²) in [5, 5.41) is 5.30. The van der Waals surface area contributed by atoms with Crippen LogP contribution in [-0.4, -0.2) is 96.3 Å². The predicted molar refractivity (Wildman–Crippen MR) is 150 cm³/mol. The molecule has 1 aromatic heterocycles. The zero-order valence-corrected chi connectivity index (χ0v) is 24.8. The summed E-state index contributed by atoms with van der Waals surface area (Å²) in [6.45, 7) is 5.14. The fraction of sp³-hybridized carbons (Fsp3) is 0.500. The van der Waals surface area contributed by atoms with Gasteiger partial charge in [-0.05, 0) is 49.2 Å². The number of ether oxygens (including phenoxy) is 3. The number of benzene rings is 1. The Bertz CT molecular complexity index is 1290. The van der Waals surface area contributed by atoms with Gasteiger partial charge in [-0.2, -0.15) is 4.31 Å². The first kappa shape index (κ1) is 31.6. The molecule has 0 spiro atoms. The minimum atomic E-state index is -3.85. The number of methoxy groups -OCH3 is 3. The highest BCUT2D eigenvalue weighted by atomic mass is 32.2. The molecule has 3 rings (SSSR count). The molecular weight excluding hydrogens is 560 g/mol. The van der Waals surface area contributed by atoms with Gasteiger partial charge in [0.25, 0.3) is 11.8 Å². The van der Waals surface area contributed by atoms with Crippen molar-refractivity contribution < 1.29 is 37.0 Å². The van der Waals surface area contributed by atoms with Gasteiger partial charge in [-0.15, -0.1) is 11.3 Å². The number of nitrogens with one attached hydrogen (secondary N) is 2. The maximum absolute atomic E-state index is 13.2. The fourth-order valence-corrected chi connectivity index (χ4v) is 7.03. The molecule has 0 bridgehead atoms. The molecule has 12 nitrogen and oxygen atoms in total. The number of carbonyl (C=O) groups is 3. The monoisotopic (exact) mass is 596 g/mol. The minimum absolute atomic E-state index is 0.0250. The molecule has 0 saturated heterocycles. The fourth-order valence-electron chi connectivity index (χ4n) is 4.34. The molecular formula is C26H36N4O8S2. The van der Waals surface area contributed by atoms with E-state index < -0.39 is 27.9 Å². The van der Waals surface area contributed by atoms with Gasteiger partial charge >= 0.3 is 6.09 Å². The maximum atomic E-state index is 13.2. The quantitative estimate of drug-likeness (QED) is 0.357. The van der Waals surface area contributed by atoms with Crippen LogP contribution >= 0.6 is 11.3 Å². The summed E-state index contributed by atoms with van der Waals surface area (Å²) in [6.07, 6.45) is 0.691. The van der Waals surface area contributed by atoms with E-state index >= 15 is 0 Å². The van der Waals surface area contributed by atoms with Crippen LogP contribution in [0, 0.1) is 0 Å². The van der Waals surface area contributed by atoms with Crippen molar-refractivity contribution in [3.63, 3.8) is 0 Å². The van der Waals surface area contributed by atoms with E-state index in [-0.39, 0.29) is 42.3 Å². The largest absolute Gasteiger partial charge is 0.453 e. The lowest BCUT2D eigenvalue weighted by Gasteiger charge is -2.26. The maximum Gasteiger partial charge on any atom is 0.413 e. The molecule has 0 saturated carbocycles. The van der Waals surface area contributed by atoms with Crippen molar-refractivity contribution in [2.45, 2.75) is 31.2 Å². The van der Waals surface area contributed by atoms with Crippen LogP contribution < -0.4 is 10.6 Å². The second-order valence-corrected chi connectivity index (χ2v) is 12.1. The van der Waals surface area contributed by atoms with Crippen LogP contribution in [0.5, 0.6) is 0 Å². The van der Waals surface area contributed by atoms with E-state index in [0.29, 0.717) is 18.0 Å². The average Bonchev–Trinajstić information content (AvgIpc) is 3.30. The van der Waals surface area contributed by atoms with E-state index in [1.165, 1.54) is 54.1 Å². The third kappa shape index (κ3) is 7.65. The Kier molecular flexibility index (Phi) is 11.6. The molecule has 2 N–H and O–H groups in total. The molecule has 0 radical (unpaired) electrons. The van der Waals surface area contributed by atoms with Crippen LogP contribution in [0.25, 0.3) is 0 Å². The van der Waals surface area contributed by atoms with Gasteiger partial charge in [0, 0.05) is 50.8 Å². The lowest BCUT2D eigenvalue weighted by Crippen LogP contribution is -2.36. The van der Waals surface area contributed by atoms with Crippen molar-refractivity contribution in [2.24, 2.45) is 0 Å². The molecule has 14 heteroatoms. The summed E-state index contributed by atoms with van der Waals surface area (Å²) in [4.78, 5) is 41.2. The van der Waals surface area contributed by atoms with Crippen molar-refractivity contribution in [1.82, 2.24) is 14.5 Å². The third-order valence-corrected chi connectivity index (χ3v) is 9.42. The number of anilines is 1. The normalized spacial score (nSPS) is 13.6. The number of rotatable bonds is 13. The van der Waals surface area contributed by atoms with Crippen molar-refractivity contribution >= 4 is 44.3 Å². The number of nitrogens with zero attached hydrogens (tertiary/aromatic N) is 2. The van der Waals surface area contributed by atoms with Gasteiger partial charge in [0.15, 0.2) is 0 Å². The van der Waals surface area contributed by atoms with E-state index in [0.717, 1.165) is 37.1 Å². The Balaban J connectivity index is 1.85. The highest BCUT2D eigenvalue weighted by Gasteiger charge is 2.30. The lowest BCUT2D eigenvalue weighted by atomic mass is 10.0. The van der Waals surface area contributed by atoms with Gasteiger partial charge in [-0.1, -0.05) is 6.92 Å². The number of hydrogen-bond donors (Lipinski definition) is 2. The molecule has 2 aromatic rings. The summed E-state index contributed by atoms with van der Waals surface area (Å²) in [5.74, 6) is -1.17. The van der Waals surface area contributed by atoms with E-state index in [2.05, 4.69) is 27.2 Å². The molecule has 0 aliphatic carbocycles. The van der Waals surface area contributed by atoms with Crippen LogP contribution in [0.3, 0.4) is 0 Å². The molecule has 0 fully saturated rings. The van der Waals surface area contributed by atoms with Crippen molar-refractivity contribution in [1.29, 1.82) is 0 Å². The second-order valence-electron chi connectivity index (χ2n) is 9.05. The number of amides is 3. The second kappa shape index (κ2) is 14.7. The SMILES string of the molecule is CCCN1CCc2c(sc(NC(=O)c3ccc(S(=O)(=O)N(CCOC)CCOC)cc3)c2C(=O)NC(=O)OC)C1. The van der Waals surface area contributed by atoms with Crippen molar-refractivity contribution in [2.75, 3.05) is 66.0 Å².